The predicted molar refractivity (Wildman–Crippen MR) is 177 cm³/mol. The Hall–Kier alpha value is -3.64. The molecule has 224 valence electrons. The Morgan fingerprint density at radius 3 is 2.02 bits per heavy atom. The summed E-state index contributed by atoms with van der Waals surface area (Å²) < 4.78 is 6.00. The van der Waals surface area contributed by atoms with E-state index < -0.39 is 0 Å². The fourth-order valence-electron chi connectivity index (χ4n) is 3.72. The highest BCUT2D eigenvalue weighted by molar-refractivity contribution is 7.11. The molecule has 6 heteroatoms. The molecular formula is C35H49NO4S. The molecule has 0 saturated carbocycles. The molecule has 41 heavy (non-hydrogen) atoms. The zero-order valence-electron chi connectivity index (χ0n) is 26.3. The number of carbonyl (C=O) groups excluding carboxylic acids is 1. The van der Waals surface area contributed by atoms with Gasteiger partial charge < -0.3 is 15.6 Å². The number of aryl methyl sites for hydroxylation is 2. The number of hydrogen-bond donors (Lipinski definition) is 2. The van der Waals surface area contributed by atoms with E-state index in [-0.39, 0.29) is 18.2 Å². The summed E-state index contributed by atoms with van der Waals surface area (Å²) in [6.07, 6.45) is 3.22. The predicted octanol–water partition coefficient (Wildman–Crippen LogP) is 9.58. The number of ether oxygens (including phenoxy) is 1. The molecule has 0 radical (unpaired) electrons. The lowest BCUT2D eigenvalue weighted by Gasteiger charge is -2.12. The SMILES string of the molecule is C=C(N)c1c(COc2cccc(C(=O)C(C)C)c2)csc1/C(=C\C(C)C)CC.CC.Cc1ccc(C)cc1.O=CO. The van der Waals surface area contributed by atoms with E-state index in [0.29, 0.717) is 29.5 Å². The molecule has 0 saturated heterocycles. The minimum Gasteiger partial charge on any atom is -0.489 e. The van der Waals surface area contributed by atoms with Crippen LogP contribution in [0.5, 0.6) is 5.75 Å². The summed E-state index contributed by atoms with van der Waals surface area (Å²) in [4.78, 5) is 21.8. The van der Waals surface area contributed by atoms with Crippen molar-refractivity contribution in [2.45, 2.75) is 75.3 Å². The Morgan fingerprint density at radius 2 is 1.59 bits per heavy atom. The zero-order valence-corrected chi connectivity index (χ0v) is 27.1. The minimum absolute atomic E-state index is 0.0398. The monoisotopic (exact) mass is 579 g/mol. The lowest BCUT2D eigenvalue weighted by Crippen LogP contribution is -2.08. The Labute approximate surface area is 251 Å². The average molecular weight is 580 g/mol. The Morgan fingerprint density at radius 1 is 1.05 bits per heavy atom. The third kappa shape index (κ3) is 13.5. The van der Waals surface area contributed by atoms with Gasteiger partial charge in [0.15, 0.2) is 5.78 Å². The second-order valence-electron chi connectivity index (χ2n) is 9.88. The second kappa shape index (κ2) is 20.3. The number of Topliss-reactive ketones (excluding diaryl/α,β-unsaturated/α-hetero) is 1. The molecule has 0 aliphatic rings. The van der Waals surface area contributed by atoms with Gasteiger partial charge in [0, 0.05) is 33.2 Å². The molecule has 3 rings (SSSR count). The molecule has 3 N–H and O–H groups in total. The first kappa shape index (κ1) is 37.4. The molecule has 0 amide bonds. The molecule has 1 heterocycles. The first-order chi connectivity index (χ1) is 19.4. The number of rotatable bonds is 9. The van der Waals surface area contributed by atoms with Crippen LogP contribution in [0, 0.1) is 25.7 Å². The molecule has 0 bridgehead atoms. The minimum atomic E-state index is -0.250. The van der Waals surface area contributed by atoms with Crippen LogP contribution in [0.15, 0.2) is 66.6 Å². The summed E-state index contributed by atoms with van der Waals surface area (Å²) in [5.41, 5.74) is 13.3. The normalized spacial score (nSPS) is 10.4. The van der Waals surface area contributed by atoms with E-state index in [0.717, 1.165) is 17.5 Å². The first-order valence-corrected chi connectivity index (χ1v) is 15.0. The van der Waals surface area contributed by atoms with Crippen molar-refractivity contribution in [2.75, 3.05) is 0 Å². The Bertz CT molecular complexity index is 1220. The van der Waals surface area contributed by atoms with Crippen LogP contribution in [-0.4, -0.2) is 17.4 Å². The maximum atomic E-state index is 12.2. The number of benzene rings is 2. The van der Waals surface area contributed by atoms with E-state index in [2.05, 4.69) is 76.9 Å². The fraction of sp³-hybridized carbons (Fsp3) is 0.371. The van der Waals surface area contributed by atoms with Crippen LogP contribution in [0.3, 0.4) is 0 Å². The van der Waals surface area contributed by atoms with E-state index in [1.54, 1.807) is 11.3 Å². The highest BCUT2D eigenvalue weighted by Crippen LogP contribution is 2.35. The summed E-state index contributed by atoms with van der Waals surface area (Å²) in [6.45, 7) is 22.6. The van der Waals surface area contributed by atoms with Gasteiger partial charge in [-0.15, -0.1) is 11.3 Å². The van der Waals surface area contributed by atoms with E-state index in [9.17, 15) is 4.79 Å². The topological polar surface area (TPSA) is 89.6 Å². The Kier molecular flexibility index (Phi) is 18.5. The van der Waals surface area contributed by atoms with E-state index >= 15 is 0 Å². The van der Waals surface area contributed by atoms with Gasteiger partial charge in [-0.25, -0.2) is 0 Å². The van der Waals surface area contributed by atoms with Crippen molar-refractivity contribution < 1.29 is 19.4 Å². The molecule has 0 fully saturated rings. The highest BCUT2D eigenvalue weighted by atomic mass is 32.1. The molecule has 0 spiro atoms. The smallest absolute Gasteiger partial charge is 0.290 e. The quantitative estimate of drug-likeness (QED) is 0.195. The van der Waals surface area contributed by atoms with Gasteiger partial charge in [0.25, 0.3) is 6.47 Å². The van der Waals surface area contributed by atoms with Crippen LogP contribution in [0.1, 0.15) is 92.4 Å². The third-order valence-electron chi connectivity index (χ3n) is 5.65. The van der Waals surface area contributed by atoms with Gasteiger partial charge in [0.05, 0.1) is 0 Å². The van der Waals surface area contributed by atoms with E-state index in [1.165, 1.54) is 21.6 Å². The van der Waals surface area contributed by atoms with Crippen molar-refractivity contribution >= 4 is 34.9 Å². The number of thiophene rings is 1. The summed E-state index contributed by atoms with van der Waals surface area (Å²) >= 11 is 1.68. The van der Waals surface area contributed by atoms with E-state index in [1.807, 2.05) is 52.0 Å². The van der Waals surface area contributed by atoms with Gasteiger partial charge in [0.1, 0.15) is 12.4 Å². The molecule has 0 unspecified atom stereocenters. The second-order valence-corrected chi connectivity index (χ2v) is 10.8. The molecule has 0 aliphatic carbocycles. The summed E-state index contributed by atoms with van der Waals surface area (Å²) in [6, 6.07) is 15.8. The van der Waals surface area contributed by atoms with Crippen molar-refractivity contribution in [1.29, 1.82) is 0 Å². The van der Waals surface area contributed by atoms with Gasteiger partial charge in [-0.05, 0) is 49.3 Å². The number of carboxylic acid groups (broad SMARTS) is 1. The van der Waals surface area contributed by atoms with Crippen molar-refractivity contribution in [1.82, 2.24) is 0 Å². The van der Waals surface area contributed by atoms with Crippen LogP contribution in [0.4, 0.5) is 0 Å². The number of allylic oxidation sites excluding steroid dienone is 2. The van der Waals surface area contributed by atoms with Gasteiger partial charge in [0.2, 0.25) is 0 Å². The van der Waals surface area contributed by atoms with Crippen molar-refractivity contribution in [3.63, 3.8) is 0 Å². The van der Waals surface area contributed by atoms with Crippen LogP contribution >= 0.6 is 11.3 Å². The summed E-state index contributed by atoms with van der Waals surface area (Å²) in [5, 5.41) is 8.98. The number of ketones is 1. The van der Waals surface area contributed by atoms with Crippen LogP contribution in [0.25, 0.3) is 11.3 Å². The Balaban J connectivity index is 0.00000102. The first-order valence-electron chi connectivity index (χ1n) is 14.1. The summed E-state index contributed by atoms with van der Waals surface area (Å²) in [7, 11) is 0. The van der Waals surface area contributed by atoms with Gasteiger partial charge in [-0.3, -0.25) is 9.59 Å². The number of carbonyl (C=O) groups is 2. The number of hydrogen-bond acceptors (Lipinski definition) is 5. The standard InChI is InChI=1S/C24H31NO2S.C8H10.C2H6.CH2O2/c1-7-18(11-15(2)3)24-22(17(6)25)20(14-28-24)13-27-21-10-8-9-19(12-21)23(26)16(4)5;1-7-3-5-8(2)6-4-7;1-2;2-1-3/h8-12,14-16H,6-7,13,25H2,1-5H3;3-6H,1-2H3;1-2H3;1H,(H,2,3)/b18-11-;;;. The van der Waals surface area contributed by atoms with Crippen LogP contribution in [-0.2, 0) is 11.4 Å². The van der Waals surface area contributed by atoms with E-state index in [4.69, 9.17) is 20.4 Å². The summed E-state index contributed by atoms with van der Waals surface area (Å²) in [5.74, 6) is 1.23. The maximum Gasteiger partial charge on any atom is 0.290 e. The number of nitrogens with two attached hydrogens (primary N) is 1. The highest BCUT2D eigenvalue weighted by Gasteiger charge is 2.17. The average Bonchev–Trinajstić information content (AvgIpc) is 3.38. The molecule has 1 aromatic heterocycles. The molecule has 3 aromatic rings. The fourth-order valence-corrected chi connectivity index (χ4v) is 4.90. The molecule has 2 aromatic carbocycles. The van der Waals surface area contributed by atoms with Crippen molar-refractivity contribution in [3.8, 4) is 5.75 Å². The lowest BCUT2D eigenvalue weighted by atomic mass is 9.99. The van der Waals surface area contributed by atoms with Crippen LogP contribution in [0.2, 0.25) is 0 Å². The largest absolute Gasteiger partial charge is 0.489 e. The van der Waals surface area contributed by atoms with Gasteiger partial charge in [-0.1, -0.05) is 109 Å². The van der Waals surface area contributed by atoms with Gasteiger partial charge >= 0.3 is 0 Å². The molecule has 0 aliphatic heterocycles. The van der Waals surface area contributed by atoms with Crippen molar-refractivity contribution in [3.05, 3.63) is 99.3 Å². The maximum absolute atomic E-state index is 12.2. The van der Waals surface area contributed by atoms with Crippen LogP contribution < -0.4 is 10.5 Å². The lowest BCUT2D eigenvalue weighted by molar-refractivity contribution is -0.122. The zero-order chi connectivity index (χ0) is 31.5. The molecular weight excluding hydrogens is 530 g/mol. The van der Waals surface area contributed by atoms with Crippen molar-refractivity contribution in [2.24, 2.45) is 17.6 Å². The third-order valence-corrected chi connectivity index (χ3v) is 6.76. The van der Waals surface area contributed by atoms with Gasteiger partial charge in [-0.2, -0.15) is 0 Å². The molecule has 5 nitrogen and oxygen atoms in total. The molecule has 0 atom stereocenters.